The quantitative estimate of drug-likeness (QED) is 0.361. The van der Waals surface area contributed by atoms with Gasteiger partial charge in [0, 0.05) is 0 Å². The molecule has 0 saturated carbocycles. The second kappa shape index (κ2) is 11.9. The van der Waals surface area contributed by atoms with Crippen LogP contribution in [0.25, 0.3) is 0 Å². The fourth-order valence-corrected chi connectivity index (χ4v) is 3.32. The van der Waals surface area contributed by atoms with Gasteiger partial charge in [0.2, 0.25) is 0 Å². The van der Waals surface area contributed by atoms with Crippen molar-refractivity contribution < 1.29 is 4.74 Å². The van der Waals surface area contributed by atoms with E-state index >= 15 is 0 Å². The molecule has 0 aliphatic rings. The van der Waals surface area contributed by atoms with Crippen LogP contribution in [0, 0.1) is 0 Å². The average Bonchev–Trinajstić information content (AvgIpc) is 2.67. The van der Waals surface area contributed by atoms with Gasteiger partial charge >= 0.3 is 0 Å². The van der Waals surface area contributed by atoms with E-state index in [-0.39, 0.29) is 12.2 Å². The molecule has 2 aromatic carbocycles. The average molecular weight is 339 g/mol. The first-order valence-corrected chi connectivity index (χ1v) is 10.1. The zero-order chi connectivity index (χ0) is 17.7. The van der Waals surface area contributed by atoms with E-state index in [0.717, 1.165) is 12.8 Å². The molecule has 0 aliphatic carbocycles. The minimum atomic E-state index is 0.194. The summed E-state index contributed by atoms with van der Waals surface area (Å²) >= 11 is 0. The number of unbranched alkanes of at least 4 members (excludes halogenated alkanes) is 4. The van der Waals surface area contributed by atoms with Crippen LogP contribution in [0.1, 0.15) is 88.5 Å². The first kappa shape index (κ1) is 19.7. The Hall–Kier alpha value is -1.60. The van der Waals surface area contributed by atoms with E-state index < -0.39 is 0 Å². The van der Waals surface area contributed by atoms with E-state index in [2.05, 4.69) is 74.5 Å². The van der Waals surface area contributed by atoms with E-state index in [1.807, 2.05) is 0 Å². The second-order valence-corrected chi connectivity index (χ2v) is 6.93. The lowest BCUT2D eigenvalue weighted by Gasteiger charge is -2.26. The lowest BCUT2D eigenvalue weighted by molar-refractivity contribution is -0.0263. The molecule has 1 nitrogen and oxygen atoms in total. The van der Waals surface area contributed by atoms with Crippen molar-refractivity contribution in [3.05, 3.63) is 71.8 Å². The number of benzene rings is 2. The molecular weight excluding hydrogens is 304 g/mol. The Morgan fingerprint density at radius 3 is 1.36 bits per heavy atom. The summed E-state index contributed by atoms with van der Waals surface area (Å²) in [5.74, 6) is 0. The highest BCUT2D eigenvalue weighted by Crippen LogP contribution is 2.33. The highest BCUT2D eigenvalue weighted by atomic mass is 16.5. The van der Waals surface area contributed by atoms with Crippen molar-refractivity contribution in [2.24, 2.45) is 0 Å². The van der Waals surface area contributed by atoms with Gasteiger partial charge in [0.05, 0.1) is 12.2 Å². The van der Waals surface area contributed by atoms with Crippen molar-refractivity contribution in [3.8, 4) is 0 Å². The molecule has 136 valence electrons. The van der Waals surface area contributed by atoms with E-state index in [1.54, 1.807) is 0 Å². The monoisotopic (exact) mass is 338 g/mol. The molecule has 0 heterocycles. The Balaban J connectivity index is 2.12. The Kier molecular flexibility index (Phi) is 9.36. The van der Waals surface area contributed by atoms with Crippen molar-refractivity contribution in [2.45, 2.75) is 77.4 Å². The van der Waals surface area contributed by atoms with Gasteiger partial charge in [-0.2, -0.15) is 0 Å². The van der Waals surface area contributed by atoms with Crippen molar-refractivity contribution in [3.63, 3.8) is 0 Å². The van der Waals surface area contributed by atoms with Gasteiger partial charge in [-0.3, -0.25) is 0 Å². The van der Waals surface area contributed by atoms with Gasteiger partial charge < -0.3 is 4.74 Å². The fourth-order valence-electron chi connectivity index (χ4n) is 3.32. The zero-order valence-electron chi connectivity index (χ0n) is 16.0. The van der Waals surface area contributed by atoms with E-state index in [4.69, 9.17) is 4.74 Å². The smallest absolute Gasteiger partial charge is 0.0833 e. The van der Waals surface area contributed by atoms with Gasteiger partial charge in [0.1, 0.15) is 0 Å². The van der Waals surface area contributed by atoms with Crippen LogP contribution in [0.2, 0.25) is 0 Å². The van der Waals surface area contributed by atoms with Gasteiger partial charge in [-0.1, -0.05) is 113 Å². The molecule has 25 heavy (non-hydrogen) atoms. The van der Waals surface area contributed by atoms with Crippen molar-refractivity contribution in [2.75, 3.05) is 0 Å². The normalized spacial score (nSPS) is 13.5. The third-order valence-corrected chi connectivity index (χ3v) is 4.81. The molecule has 0 saturated heterocycles. The van der Waals surface area contributed by atoms with Gasteiger partial charge in [0.25, 0.3) is 0 Å². The Labute approximate surface area is 154 Å². The fraction of sp³-hybridized carbons (Fsp3) is 0.500. The van der Waals surface area contributed by atoms with Gasteiger partial charge in [-0.25, -0.2) is 0 Å². The maximum atomic E-state index is 6.72. The van der Waals surface area contributed by atoms with E-state index in [0.29, 0.717) is 0 Å². The molecule has 2 aromatic rings. The lowest BCUT2D eigenvalue weighted by Crippen LogP contribution is -2.11. The number of rotatable bonds is 12. The Morgan fingerprint density at radius 2 is 1.00 bits per heavy atom. The first-order chi connectivity index (χ1) is 12.3. The molecular formula is C24H34O. The summed E-state index contributed by atoms with van der Waals surface area (Å²) in [4.78, 5) is 0. The molecule has 2 atom stereocenters. The summed E-state index contributed by atoms with van der Waals surface area (Å²) in [6, 6.07) is 21.5. The van der Waals surface area contributed by atoms with Crippen LogP contribution in [0.5, 0.6) is 0 Å². The zero-order valence-corrected chi connectivity index (χ0v) is 16.0. The van der Waals surface area contributed by atoms with E-state index in [1.165, 1.54) is 49.7 Å². The molecule has 1 heteroatoms. The van der Waals surface area contributed by atoms with Gasteiger partial charge in [0.15, 0.2) is 0 Å². The molecule has 0 aromatic heterocycles. The van der Waals surface area contributed by atoms with Crippen LogP contribution < -0.4 is 0 Å². The maximum Gasteiger partial charge on any atom is 0.0833 e. The second-order valence-electron chi connectivity index (χ2n) is 6.93. The van der Waals surface area contributed by atoms with Crippen LogP contribution in [-0.2, 0) is 4.74 Å². The van der Waals surface area contributed by atoms with Crippen molar-refractivity contribution in [1.29, 1.82) is 0 Å². The van der Waals surface area contributed by atoms with Crippen molar-refractivity contribution in [1.82, 2.24) is 0 Å². The van der Waals surface area contributed by atoms with Gasteiger partial charge in [-0.05, 0) is 24.0 Å². The molecule has 2 rings (SSSR count). The van der Waals surface area contributed by atoms with Crippen LogP contribution in [-0.4, -0.2) is 0 Å². The van der Waals surface area contributed by atoms with E-state index in [9.17, 15) is 0 Å². The molecule has 0 fully saturated rings. The summed E-state index contributed by atoms with van der Waals surface area (Å²) in [5, 5.41) is 0. The minimum Gasteiger partial charge on any atom is -0.366 e. The molecule has 0 N–H and O–H groups in total. The lowest BCUT2D eigenvalue weighted by atomic mass is 10.00. The number of hydrogen-bond donors (Lipinski definition) is 0. The Morgan fingerprint density at radius 1 is 0.600 bits per heavy atom. The molecule has 2 unspecified atom stereocenters. The summed E-state index contributed by atoms with van der Waals surface area (Å²) < 4.78 is 6.72. The molecule has 0 bridgehead atoms. The largest absolute Gasteiger partial charge is 0.366 e. The summed E-state index contributed by atoms with van der Waals surface area (Å²) in [5.41, 5.74) is 2.63. The van der Waals surface area contributed by atoms with Gasteiger partial charge in [-0.15, -0.1) is 0 Å². The number of hydrogen-bond acceptors (Lipinski definition) is 1. The minimum absolute atomic E-state index is 0.194. The highest BCUT2D eigenvalue weighted by Gasteiger charge is 2.19. The maximum absolute atomic E-state index is 6.72. The first-order valence-electron chi connectivity index (χ1n) is 10.1. The van der Waals surface area contributed by atoms with Crippen LogP contribution in [0.4, 0.5) is 0 Å². The van der Waals surface area contributed by atoms with Crippen molar-refractivity contribution >= 4 is 0 Å². The van der Waals surface area contributed by atoms with Crippen LogP contribution in [0.15, 0.2) is 60.7 Å². The summed E-state index contributed by atoms with van der Waals surface area (Å²) in [6.45, 7) is 4.52. The van der Waals surface area contributed by atoms with Crippen LogP contribution in [0.3, 0.4) is 0 Å². The standard InChI is InChI=1S/C24H34O/c1-3-5-9-19-23(21-15-11-7-12-16-21)25-24(20-10-6-4-2)22-17-13-8-14-18-22/h7-8,11-18,23-24H,3-6,9-10,19-20H2,1-2H3. The number of ether oxygens (including phenoxy) is 1. The SMILES string of the molecule is CCCCCC(OC(CCCCC)c1ccccc1)c1ccccc1. The predicted molar refractivity (Wildman–Crippen MR) is 108 cm³/mol. The topological polar surface area (TPSA) is 9.23 Å². The summed E-state index contributed by atoms with van der Waals surface area (Å²) in [7, 11) is 0. The third kappa shape index (κ3) is 7.04. The Bertz CT molecular complexity index is 497. The molecule has 0 spiro atoms. The molecule has 0 amide bonds. The predicted octanol–water partition coefficient (Wildman–Crippen LogP) is 7.65. The highest BCUT2D eigenvalue weighted by molar-refractivity contribution is 5.20. The molecule has 0 aliphatic heterocycles. The molecule has 0 radical (unpaired) electrons. The third-order valence-electron chi connectivity index (χ3n) is 4.81. The van der Waals surface area contributed by atoms with Crippen LogP contribution >= 0.6 is 0 Å². The summed E-state index contributed by atoms with van der Waals surface area (Å²) in [6.07, 6.45) is 10.1.